The summed E-state index contributed by atoms with van der Waals surface area (Å²) in [6.45, 7) is 5.12. The molecular weight excluding hydrogens is 109 g/mol. The Morgan fingerprint density at radius 3 is 1.00 bits per heavy atom. The first-order valence-corrected chi connectivity index (χ1v) is 3.12. The molecule has 0 rings (SSSR count). The van der Waals surface area contributed by atoms with E-state index < -0.39 is 0 Å². The second kappa shape index (κ2) is 24.3. The third-order valence-corrected chi connectivity index (χ3v) is 0.500. The molecule has 0 saturated carbocycles. The van der Waals surface area contributed by atoms with Crippen molar-refractivity contribution < 1.29 is 0 Å². The average molecular weight is 125 g/mol. The molecule has 0 aliphatic carbocycles. The van der Waals surface area contributed by atoms with Crippen molar-refractivity contribution in [2.75, 3.05) is 13.1 Å². The van der Waals surface area contributed by atoms with Gasteiger partial charge in [-0.3, -0.25) is 0 Å². The van der Waals surface area contributed by atoms with Crippen LogP contribution < -0.4 is 0 Å². The molecule has 2 N–H and O–H groups in total. The van der Waals surface area contributed by atoms with Gasteiger partial charge in [-0.15, -0.1) is 0 Å². The molecule has 0 heterocycles. The van der Waals surface area contributed by atoms with E-state index in [9.17, 15) is 0 Å². The van der Waals surface area contributed by atoms with E-state index in [1.165, 1.54) is 0 Å². The number of hydrogen-bond donors (Lipinski definition) is 0. The first kappa shape index (κ1) is 16.0. The Kier molecular flexibility index (Phi) is 43.3. The molecule has 0 radical (unpaired) electrons. The first-order chi connectivity index (χ1) is 3.83. The van der Waals surface area contributed by atoms with Crippen LogP contribution in [0.15, 0.2) is 0 Å². The molecule has 0 aromatic carbocycles. The van der Waals surface area contributed by atoms with E-state index in [-0.39, 0.29) is 10.1 Å². The summed E-state index contributed by atoms with van der Waals surface area (Å²) in [6.07, 6.45) is 1.97. The molecule has 0 bridgehead atoms. The van der Waals surface area contributed by atoms with Crippen molar-refractivity contribution in [2.45, 2.75) is 26.7 Å². The van der Waals surface area contributed by atoms with Crippen molar-refractivity contribution in [1.29, 1.82) is 0 Å². The molecule has 0 aliphatic rings. The van der Waals surface area contributed by atoms with Gasteiger partial charge in [0.15, 0.2) is 0 Å². The summed E-state index contributed by atoms with van der Waals surface area (Å²) >= 11 is 0. The molecule has 0 aromatic heterocycles. The van der Waals surface area contributed by atoms with Crippen LogP contribution in [0.1, 0.15) is 26.7 Å². The zero-order valence-corrected chi connectivity index (χ0v) is 6.54. The van der Waals surface area contributed by atoms with Gasteiger partial charge >= 0.3 is 10.1 Å². The van der Waals surface area contributed by atoms with Crippen molar-refractivity contribution in [3.63, 3.8) is 0 Å². The molecule has 0 aromatic rings. The fourth-order valence-electron chi connectivity index (χ4n) is 0. The van der Waals surface area contributed by atoms with Gasteiger partial charge in [-0.25, -0.2) is 0 Å². The Balaban J connectivity index is -0.0000000720. The van der Waals surface area contributed by atoms with Crippen LogP contribution in [0.3, 0.4) is 0 Å². The third kappa shape index (κ3) is 68.7. The van der Waals surface area contributed by atoms with Crippen LogP contribution in [-0.4, -0.2) is 23.2 Å². The predicted molar refractivity (Wildman–Crippen MR) is 44.7 cm³/mol. The van der Waals surface area contributed by atoms with Crippen LogP contribution in [0.5, 0.6) is 0 Å². The van der Waals surface area contributed by atoms with Crippen LogP contribution >= 0.6 is 0 Å². The Morgan fingerprint density at radius 1 is 0.889 bits per heavy atom. The van der Waals surface area contributed by atoms with E-state index in [2.05, 4.69) is 0 Å². The zero-order valence-electron chi connectivity index (χ0n) is 6.54. The maximum atomic E-state index is 6.45. The Labute approximate surface area is 62.2 Å². The molecule has 0 fully saturated rings. The number of rotatable bonds is 2. The van der Waals surface area contributed by atoms with E-state index >= 15 is 0 Å². The molecule has 0 unspecified atom stereocenters. The second-order valence-electron chi connectivity index (χ2n) is 1.50. The molecule has 0 aliphatic heterocycles. The second-order valence-corrected chi connectivity index (χ2v) is 1.50. The molecule has 0 amide bonds. The van der Waals surface area contributed by atoms with Gasteiger partial charge < -0.3 is 11.5 Å². The SMILES string of the molecule is CCC[NH-].CCC[NH-].[Be+2]. The standard InChI is InChI=1S/2C3H8N.Be/c2*1-2-3-4;/h2*4H,2-3H2,1H3;/q2*-1;+2. The third-order valence-electron chi connectivity index (χ3n) is 0.500. The topological polar surface area (TPSA) is 47.6 Å². The van der Waals surface area contributed by atoms with Crippen LogP contribution in [-0.2, 0) is 0 Å². The summed E-state index contributed by atoms with van der Waals surface area (Å²) in [5.74, 6) is 0. The summed E-state index contributed by atoms with van der Waals surface area (Å²) in [7, 11) is 0. The van der Waals surface area contributed by atoms with Gasteiger partial charge in [-0.2, -0.15) is 13.1 Å². The van der Waals surface area contributed by atoms with Gasteiger partial charge in [-0.05, 0) is 0 Å². The average Bonchev–Trinajstić information content (AvgIpc) is 1.88. The van der Waals surface area contributed by atoms with Gasteiger partial charge in [0.2, 0.25) is 0 Å². The van der Waals surface area contributed by atoms with E-state index in [0.29, 0.717) is 13.1 Å². The monoisotopic (exact) mass is 125 g/mol. The van der Waals surface area contributed by atoms with Crippen molar-refractivity contribution in [3.8, 4) is 0 Å². The van der Waals surface area contributed by atoms with Crippen LogP contribution in [0.2, 0.25) is 0 Å². The predicted octanol–water partition coefficient (Wildman–Crippen LogP) is 2.52. The summed E-state index contributed by atoms with van der Waals surface area (Å²) in [6, 6.07) is 0. The van der Waals surface area contributed by atoms with E-state index in [0.717, 1.165) is 12.8 Å². The summed E-state index contributed by atoms with van der Waals surface area (Å²) in [5.41, 5.74) is 12.9. The van der Waals surface area contributed by atoms with Crippen molar-refractivity contribution >= 4 is 10.1 Å². The Bertz CT molecular complexity index is 19.0. The van der Waals surface area contributed by atoms with Crippen molar-refractivity contribution in [1.82, 2.24) is 0 Å². The molecule has 0 atom stereocenters. The largest absolute Gasteiger partial charge is 2.00 e. The molecule has 9 heavy (non-hydrogen) atoms. The minimum absolute atomic E-state index is 0. The van der Waals surface area contributed by atoms with Crippen LogP contribution in [0.4, 0.5) is 0 Å². The molecule has 0 saturated heterocycles. The van der Waals surface area contributed by atoms with Crippen molar-refractivity contribution in [3.05, 3.63) is 11.5 Å². The maximum Gasteiger partial charge on any atom is 2.00 e. The van der Waals surface area contributed by atoms with E-state index in [4.69, 9.17) is 11.5 Å². The van der Waals surface area contributed by atoms with Gasteiger partial charge in [0.05, 0.1) is 0 Å². The van der Waals surface area contributed by atoms with Crippen LogP contribution in [0, 0.1) is 0 Å². The fraction of sp³-hybridized carbons (Fsp3) is 1.00. The fourth-order valence-corrected chi connectivity index (χ4v) is 0. The van der Waals surface area contributed by atoms with Gasteiger partial charge in [0.1, 0.15) is 0 Å². The smallest absolute Gasteiger partial charge is 0.677 e. The molecule has 52 valence electrons. The minimum atomic E-state index is 0. The van der Waals surface area contributed by atoms with Gasteiger partial charge in [0.25, 0.3) is 0 Å². The summed E-state index contributed by atoms with van der Waals surface area (Å²) in [4.78, 5) is 0. The van der Waals surface area contributed by atoms with Crippen LogP contribution in [0.25, 0.3) is 11.5 Å². The molecule has 3 heteroatoms. The molecular formula is C6H16BeN2. The summed E-state index contributed by atoms with van der Waals surface area (Å²) < 4.78 is 0. The van der Waals surface area contributed by atoms with E-state index in [1.54, 1.807) is 0 Å². The minimum Gasteiger partial charge on any atom is -0.677 e. The Hall–Kier alpha value is 0.0888. The quantitative estimate of drug-likeness (QED) is 0.509. The normalized spacial score (nSPS) is 6.67. The van der Waals surface area contributed by atoms with Gasteiger partial charge in [0, 0.05) is 0 Å². The first-order valence-electron chi connectivity index (χ1n) is 3.12. The molecule has 2 nitrogen and oxygen atoms in total. The maximum absolute atomic E-state index is 6.45. The van der Waals surface area contributed by atoms with Crippen molar-refractivity contribution in [2.24, 2.45) is 0 Å². The van der Waals surface area contributed by atoms with E-state index in [1.807, 2.05) is 13.8 Å². The van der Waals surface area contributed by atoms with Gasteiger partial charge in [-0.1, -0.05) is 26.7 Å². The molecule has 0 spiro atoms. The number of nitrogens with one attached hydrogen (secondary N) is 2. The number of hydrogen-bond acceptors (Lipinski definition) is 0. The zero-order chi connectivity index (χ0) is 6.83. The Morgan fingerprint density at radius 2 is 1.00 bits per heavy atom. The summed E-state index contributed by atoms with van der Waals surface area (Å²) in [5, 5.41) is 0.